The number of rotatable bonds is 8. The molecule has 0 aliphatic carbocycles. The molecule has 6 heteroatoms. The van der Waals surface area contributed by atoms with Crippen molar-refractivity contribution in [3.63, 3.8) is 0 Å². The number of hydrogen-bond acceptors (Lipinski definition) is 3. The van der Waals surface area contributed by atoms with Crippen molar-refractivity contribution in [2.45, 2.75) is 38.1 Å². The van der Waals surface area contributed by atoms with Crippen molar-refractivity contribution in [3.05, 3.63) is 65.2 Å². The summed E-state index contributed by atoms with van der Waals surface area (Å²) in [5.74, 6) is -0.211. The molecular formula is C20H26N2O3S. The van der Waals surface area contributed by atoms with E-state index in [-0.39, 0.29) is 10.8 Å². The number of nitrogens with one attached hydrogen (secondary N) is 1. The number of sulfonamides is 1. The Morgan fingerprint density at radius 3 is 2.31 bits per heavy atom. The zero-order valence-corrected chi connectivity index (χ0v) is 16.3. The van der Waals surface area contributed by atoms with Gasteiger partial charge in [0.2, 0.25) is 10.0 Å². The third-order valence-electron chi connectivity index (χ3n) is 4.13. The molecule has 0 spiro atoms. The maximum atomic E-state index is 12.7. The Labute approximate surface area is 156 Å². The first-order valence-corrected chi connectivity index (χ1v) is 10.3. The fraction of sp³-hybridized carbons (Fsp3) is 0.350. The topological polar surface area (TPSA) is 66.5 Å². The molecule has 0 radical (unpaired) electrons. The SMILES string of the molecule is CCCNS(=O)(=O)c1cccc(C(=O)N(C)Cc2ccc(CC)cc2)c1. The number of benzene rings is 2. The summed E-state index contributed by atoms with van der Waals surface area (Å²) < 4.78 is 27.0. The standard InChI is InChI=1S/C20H26N2O3S/c1-4-13-21-26(24,25)19-8-6-7-18(14-19)20(23)22(3)15-17-11-9-16(5-2)10-12-17/h6-12,14,21H,4-5,13,15H2,1-3H3. The Kier molecular flexibility index (Phi) is 6.94. The molecule has 140 valence electrons. The van der Waals surface area contributed by atoms with Crippen LogP contribution in [0.5, 0.6) is 0 Å². The van der Waals surface area contributed by atoms with Crippen LogP contribution in [0.1, 0.15) is 41.8 Å². The van der Waals surface area contributed by atoms with Gasteiger partial charge in [0, 0.05) is 25.7 Å². The van der Waals surface area contributed by atoms with Crippen LogP contribution in [0.4, 0.5) is 0 Å². The monoisotopic (exact) mass is 374 g/mol. The second-order valence-corrected chi connectivity index (χ2v) is 8.02. The van der Waals surface area contributed by atoms with Gasteiger partial charge in [0.15, 0.2) is 0 Å². The van der Waals surface area contributed by atoms with E-state index in [0.717, 1.165) is 12.0 Å². The molecule has 0 fully saturated rings. The van der Waals surface area contributed by atoms with E-state index in [1.54, 1.807) is 24.1 Å². The Balaban J connectivity index is 2.14. The molecule has 0 unspecified atom stereocenters. The molecule has 0 saturated heterocycles. The molecule has 1 amide bonds. The van der Waals surface area contributed by atoms with Gasteiger partial charge >= 0.3 is 0 Å². The van der Waals surface area contributed by atoms with Crippen LogP contribution in [0.3, 0.4) is 0 Å². The number of hydrogen-bond donors (Lipinski definition) is 1. The van der Waals surface area contributed by atoms with Crippen LogP contribution in [0.25, 0.3) is 0 Å². The molecule has 0 aliphatic rings. The smallest absolute Gasteiger partial charge is 0.253 e. The highest BCUT2D eigenvalue weighted by Crippen LogP contribution is 2.15. The fourth-order valence-electron chi connectivity index (χ4n) is 2.56. The van der Waals surface area contributed by atoms with Gasteiger partial charge in [-0.3, -0.25) is 4.79 Å². The predicted octanol–water partition coefficient (Wildman–Crippen LogP) is 3.21. The van der Waals surface area contributed by atoms with Crippen molar-refractivity contribution in [1.82, 2.24) is 9.62 Å². The van der Waals surface area contributed by atoms with E-state index in [0.29, 0.717) is 25.1 Å². The van der Waals surface area contributed by atoms with Crippen LogP contribution in [-0.2, 0) is 23.0 Å². The lowest BCUT2D eigenvalue weighted by molar-refractivity contribution is 0.0785. The Hall–Kier alpha value is -2.18. The van der Waals surface area contributed by atoms with Gasteiger partial charge in [-0.15, -0.1) is 0 Å². The molecule has 2 rings (SSSR count). The largest absolute Gasteiger partial charge is 0.337 e. The molecular weight excluding hydrogens is 348 g/mol. The van der Waals surface area contributed by atoms with Gasteiger partial charge in [0.05, 0.1) is 4.90 Å². The van der Waals surface area contributed by atoms with E-state index in [9.17, 15) is 13.2 Å². The lowest BCUT2D eigenvalue weighted by Crippen LogP contribution is -2.27. The highest BCUT2D eigenvalue weighted by atomic mass is 32.2. The first kappa shape index (κ1) is 20.1. The van der Waals surface area contributed by atoms with Gasteiger partial charge in [-0.2, -0.15) is 0 Å². The minimum Gasteiger partial charge on any atom is -0.337 e. The van der Waals surface area contributed by atoms with Crippen molar-refractivity contribution >= 4 is 15.9 Å². The molecule has 5 nitrogen and oxygen atoms in total. The first-order chi connectivity index (χ1) is 12.4. The summed E-state index contributed by atoms with van der Waals surface area (Å²) in [6, 6.07) is 14.3. The Bertz CT molecular complexity index is 846. The van der Waals surface area contributed by atoms with E-state index in [2.05, 4.69) is 23.8 Å². The van der Waals surface area contributed by atoms with Crippen molar-refractivity contribution in [2.24, 2.45) is 0 Å². The van der Waals surface area contributed by atoms with Crippen molar-refractivity contribution < 1.29 is 13.2 Å². The van der Waals surface area contributed by atoms with Crippen LogP contribution in [-0.4, -0.2) is 32.8 Å². The zero-order valence-electron chi connectivity index (χ0n) is 15.5. The van der Waals surface area contributed by atoms with Crippen LogP contribution in [0, 0.1) is 0 Å². The maximum Gasteiger partial charge on any atom is 0.253 e. The predicted molar refractivity (Wildman–Crippen MR) is 104 cm³/mol. The second-order valence-electron chi connectivity index (χ2n) is 6.26. The maximum absolute atomic E-state index is 12.7. The van der Waals surface area contributed by atoms with Crippen LogP contribution in [0.15, 0.2) is 53.4 Å². The summed E-state index contributed by atoms with van der Waals surface area (Å²) in [5.41, 5.74) is 2.64. The third kappa shape index (κ3) is 5.16. The lowest BCUT2D eigenvalue weighted by Gasteiger charge is -2.18. The number of amides is 1. The molecule has 0 bridgehead atoms. The van der Waals surface area contributed by atoms with Gasteiger partial charge in [-0.1, -0.05) is 44.2 Å². The average molecular weight is 375 g/mol. The molecule has 0 aliphatic heterocycles. The first-order valence-electron chi connectivity index (χ1n) is 8.80. The van der Waals surface area contributed by atoms with Crippen LogP contribution in [0.2, 0.25) is 0 Å². The van der Waals surface area contributed by atoms with Gasteiger partial charge in [-0.25, -0.2) is 13.1 Å². The molecule has 0 heterocycles. The number of carbonyl (C=O) groups excluding carboxylic acids is 1. The van der Waals surface area contributed by atoms with Gasteiger partial charge in [-0.05, 0) is 42.2 Å². The average Bonchev–Trinajstić information content (AvgIpc) is 2.66. The molecule has 0 saturated carbocycles. The molecule has 1 N–H and O–H groups in total. The van der Waals surface area contributed by atoms with E-state index in [4.69, 9.17) is 0 Å². The van der Waals surface area contributed by atoms with Gasteiger partial charge in [0.1, 0.15) is 0 Å². The third-order valence-corrected chi connectivity index (χ3v) is 5.59. The van der Waals surface area contributed by atoms with Crippen molar-refractivity contribution in [2.75, 3.05) is 13.6 Å². The Morgan fingerprint density at radius 1 is 1.04 bits per heavy atom. The van der Waals surface area contributed by atoms with Crippen LogP contribution < -0.4 is 4.72 Å². The summed E-state index contributed by atoms with van der Waals surface area (Å²) in [6.07, 6.45) is 1.68. The van der Waals surface area contributed by atoms with E-state index in [1.165, 1.54) is 17.7 Å². The highest BCUT2D eigenvalue weighted by Gasteiger charge is 2.17. The number of carbonyl (C=O) groups is 1. The lowest BCUT2D eigenvalue weighted by atomic mass is 10.1. The summed E-state index contributed by atoms with van der Waals surface area (Å²) in [5, 5.41) is 0. The van der Waals surface area contributed by atoms with Crippen LogP contribution >= 0.6 is 0 Å². The fourth-order valence-corrected chi connectivity index (χ4v) is 3.74. The van der Waals surface area contributed by atoms with Gasteiger partial charge in [0.25, 0.3) is 5.91 Å². The van der Waals surface area contributed by atoms with Crippen molar-refractivity contribution in [3.8, 4) is 0 Å². The zero-order chi connectivity index (χ0) is 19.2. The summed E-state index contributed by atoms with van der Waals surface area (Å²) in [4.78, 5) is 14.4. The van der Waals surface area contributed by atoms with E-state index >= 15 is 0 Å². The normalized spacial score (nSPS) is 11.3. The van der Waals surface area contributed by atoms with E-state index in [1.807, 2.05) is 19.1 Å². The number of aryl methyl sites for hydroxylation is 1. The molecule has 2 aromatic carbocycles. The Morgan fingerprint density at radius 2 is 1.69 bits per heavy atom. The molecule has 0 atom stereocenters. The van der Waals surface area contributed by atoms with Crippen molar-refractivity contribution in [1.29, 1.82) is 0 Å². The second kappa shape index (κ2) is 8.96. The van der Waals surface area contributed by atoms with Gasteiger partial charge < -0.3 is 4.90 Å². The minimum absolute atomic E-state index is 0.109. The summed E-state index contributed by atoms with van der Waals surface area (Å²) >= 11 is 0. The number of nitrogens with zero attached hydrogens (tertiary/aromatic N) is 1. The quantitative estimate of drug-likeness (QED) is 0.771. The summed E-state index contributed by atoms with van der Waals surface area (Å²) in [6.45, 7) is 4.83. The minimum atomic E-state index is -3.59. The molecule has 26 heavy (non-hydrogen) atoms. The molecule has 0 aromatic heterocycles. The van der Waals surface area contributed by atoms with E-state index < -0.39 is 10.0 Å². The molecule has 2 aromatic rings. The highest BCUT2D eigenvalue weighted by molar-refractivity contribution is 7.89. The summed E-state index contributed by atoms with van der Waals surface area (Å²) in [7, 11) is -1.88.